The molecule has 0 bridgehead atoms. The number of hydrogen-bond acceptors (Lipinski definition) is 4. The fraction of sp³-hybridized carbons (Fsp3) is 0.412. The van der Waals surface area contributed by atoms with Crippen LogP contribution in [-0.4, -0.2) is 57.0 Å². The molecule has 1 aliphatic rings. The third-order valence-corrected chi connectivity index (χ3v) is 8.16. The van der Waals surface area contributed by atoms with Gasteiger partial charge in [-0.3, -0.25) is 9.36 Å². The van der Waals surface area contributed by atoms with E-state index in [-0.39, 0.29) is 29.6 Å². The summed E-state index contributed by atoms with van der Waals surface area (Å²) in [5, 5.41) is 0. The number of rotatable bonds is 11. The molecule has 0 atom stereocenters. The van der Waals surface area contributed by atoms with E-state index in [0.717, 1.165) is 73.2 Å². The van der Waals surface area contributed by atoms with Crippen molar-refractivity contribution in [3.63, 3.8) is 0 Å². The topological polar surface area (TPSA) is 70.6 Å². The van der Waals surface area contributed by atoms with Crippen molar-refractivity contribution in [1.82, 2.24) is 19.4 Å². The second-order valence-electron chi connectivity index (χ2n) is 11.6. The molecule has 5 rings (SSSR count). The van der Waals surface area contributed by atoms with Gasteiger partial charge < -0.3 is 19.5 Å². The van der Waals surface area contributed by atoms with Crippen LogP contribution in [0.1, 0.15) is 49.8 Å². The van der Waals surface area contributed by atoms with Gasteiger partial charge >= 0.3 is 5.69 Å². The fourth-order valence-corrected chi connectivity index (χ4v) is 5.98. The Bertz CT molecular complexity index is 1530. The number of H-pyrrole nitrogens is 1. The van der Waals surface area contributed by atoms with E-state index in [1.54, 1.807) is 16.7 Å². The number of para-hydroxylation sites is 1. The molecule has 0 unspecified atom stereocenters. The fourth-order valence-electron chi connectivity index (χ4n) is 5.98. The molecule has 222 valence electrons. The number of imidazole rings is 1. The Kier molecular flexibility index (Phi) is 9.42. The summed E-state index contributed by atoms with van der Waals surface area (Å²) in [6.45, 7) is 7.27. The number of hydrogen-bond donors (Lipinski definition) is 1. The predicted molar refractivity (Wildman–Crippen MR) is 164 cm³/mol. The van der Waals surface area contributed by atoms with E-state index in [0.29, 0.717) is 13.0 Å². The summed E-state index contributed by atoms with van der Waals surface area (Å²) in [5.41, 5.74) is 4.85. The van der Waals surface area contributed by atoms with Crippen molar-refractivity contribution >= 4 is 16.9 Å². The van der Waals surface area contributed by atoms with Gasteiger partial charge in [-0.05, 0) is 93.1 Å². The number of carbonyl (C=O) groups is 1. The molecule has 0 radical (unpaired) electrons. The molecule has 1 amide bonds. The quantitative estimate of drug-likeness (QED) is 0.259. The first kappa shape index (κ1) is 29.6. The number of ether oxygens (including phenoxy) is 1. The molecular weight excluding hydrogens is 531 g/mol. The number of fused-ring (bicyclic) bond motifs is 1. The molecule has 1 fully saturated rings. The Balaban J connectivity index is 1.19. The molecule has 42 heavy (non-hydrogen) atoms. The maximum Gasteiger partial charge on any atom is 0.326 e. The SMILES string of the molecule is CC(C)Oc1ccc(CC(=O)N(Cc2ccc(F)cc2)C2CCN(CCCc3cccc4[nH]c(=O)n(C)c34)CC2)cc1. The number of carbonyl (C=O) groups excluding carboxylic acids is 1. The van der Waals surface area contributed by atoms with Gasteiger partial charge in [0.2, 0.25) is 5.91 Å². The standard InChI is InChI=1S/C34H41FN4O3/c1-24(2)42-30-15-11-25(12-16-30)22-32(40)39(23-26-9-13-28(35)14-10-26)29-17-20-38(21-18-29)19-5-7-27-6-4-8-31-33(27)37(3)34(41)36-31/h4,6,8-16,24,29H,5,7,17-23H2,1-3H3,(H,36,41). The summed E-state index contributed by atoms with van der Waals surface area (Å²) in [5.74, 6) is 0.606. The van der Waals surface area contributed by atoms with Crippen LogP contribution in [0.2, 0.25) is 0 Å². The molecule has 0 aliphatic carbocycles. The van der Waals surface area contributed by atoms with E-state index in [1.165, 1.54) is 17.7 Å². The van der Waals surface area contributed by atoms with Gasteiger partial charge in [0.15, 0.2) is 0 Å². The Morgan fingerprint density at radius 2 is 1.71 bits per heavy atom. The molecule has 1 aromatic heterocycles. The first-order valence-corrected chi connectivity index (χ1v) is 15.0. The van der Waals surface area contributed by atoms with E-state index in [1.807, 2.05) is 62.2 Å². The summed E-state index contributed by atoms with van der Waals surface area (Å²) in [6, 6.07) is 20.4. The highest BCUT2D eigenvalue weighted by molar-refractivity contribution is 5.79. The molecule has 1 aliphatic heterocycles. The Labute approximate surface area is 246 Å². The third kappa shape index (κ3) is 7.29. The smallest absolute Gasteiger partial charge is 0.326 e. The molecule has 0 saturated carbocycles. The molecular formula is C34H41FN4O3. The number of likely N-dealkylation sites (tertiary alicyclic amines) is 1. The van der Waals surface area contributed by atoms with Gasteiger partial charge in [-0.15, -0.1) is 0 Å². The van der Waals surface area contributed by atoms with E-state index in [2.05, 4.69) is 16.0 Å². The minimum atomic E-state index is -0.274. The average Bonchev–Trinajstić information content (AvgIpc) is 3.27. The molecule has 1 N–H and O–H groups in total. The lowest BCUT2D eigenvalue weighted by Gasteiger charge is -2.39. The summed E-state index contributed by atoms with van der Waals surface area (Å²) in [7, 11) is 1.81. The van der Waals surface area contributed by atoms with Crippen molar-refractivity contribution in [2.75, 3.05) is 19.6 Å². The number of piperidine rings is 1. The van der Waals surface area contributed by atoms with Crippen molar-refractivity contribution in [3.05, 3.63) is 99.7 Å². The highest BCUT2D eigenvalue weighted by Crippen LogP contribution is 2.23. The average molecular weight is 573 g/mol. The molecule has 8 heteroatoms. The second kappa shape index (κ2) is 13.4. The van der Waals surface area contributed by atoms with Crippen LogP contribution in [-0.2, 0) is 31.2 Å². The van der Waals surface area contributed by atoms with E-state index >= 15 is 0 Å². The number of halogens is 1. The molecule has 3 aromatic carbocycles. The van der Waals surface area contributed by atoms with Gasteiger partial charge in [-0.25, -0.2) is 9.18 Å². The maximum atomic E-state index is 13.7. The predicted octanol–water partition coefficient (Wildman–Crippen LogP) is 5.46. The number of nitrogens with zero attached hydrogens (tertiary/aromatic N) is 3. The molecule has 4 aromatic rings. The third-order valence-electron chi connectivity index (χ3n) is 8.16. The summed E-state index contributed by atoms with van der Waals surface area (Å²) >= 11 is 0. The van der Waals surface area contributed by atoms with Crippen molar-refractivity contribution < 1.29 is 13.9 Å². The van der Waals surface area contributed by atoms with Gasteiger partial charge in [-0.2, -0.15) is 0 Å². The van der Waals surface area contributed by atoms with Gasteiger partial charge in [-0.1, -0.05) is 36.4 Å². The number of aromatic amines is 1. The van der Waals surface area contributed by atoms with Gasteiger partial charge in [0.1, 0.15) is 11.6 Å². The van der Waals surface area contributed by atoms with Crippen molar-refractivity contribution in [3.8, 4) is 5.75 Å². The van der Waals surface area contributed by atoms with Crippen LogP contribution >= 0.6 is 0 Å². The number of aryl methyl sites for hydroxylation is 2. The summed E-state index contributed by atoms with van der Waals surface area (Å²) < 4.78 is 21.0. The zero-order valence-electron chi connectivity index (χ0n) is 24.8. The minimum absolute atomic E-state index is 0.0838. The van der Waals surface area contributed by atoms with Gasteiger partial charge in [0.05, 0.1) is 23.6 Å². The zero-order chi connectivity index (χ0) is 29.6. The monoisotopic (exact) mass is 572 g/mol. The van der Waals surface area contributed by atoms with Gasteiger partial charge in [0.25, 0.3) is 0 Å². The van der Waals surface area contributed by atoms with Crippen LogP contribution in [0.25, 0.3) is 11.0 Å². The molecule has 0 spiro atoms. The normalized spacial score (nSPS) is 14.5. The number of amides is 1. The van der Waals surface area contributed by atoms with E-state index in [9.17, 15) is 14.0 Å². The number of aromatic nitrogens is 2. The Morgan fingerprint density at radius 1 is 1.02 bits per heavy atom. The maximum absolute atomic E-state index is 13.7. The van der Waals surface area contributed by atoms with Crippen LogP contribution in [0.3, 0.4) is 0 Å². The first-order chi connectivity index (χ1) is 20.3. The van der Waals surface area contributed by atoms with Crippen molar-refractivity contribution in [2.24, 2.45) is 7.05 Å². The Morgan fingerprint density at radius 3 is 2.40 bits per heavy atom. The van der Waals surface area contributed by atoms with Crippen LogP contribution in [0, 0.1) is 5.82 Å². The largest absolute Gasteiger partial charge is 0.491 e. The lowest BCUT2D eigenvalue weighted by atomic mass is 10.00. The molecule has 7 nitrogen and oxygen atoms in total. The van der Waals surface area contributed by atoms with Crippen LogP contribution in [0.15, 0.2) is 71.5 Å². The second-order valence-corrected chi connectivity index (χ2v) is 11.6. The number of nitrogens with one attached hydrogen (secondary N) is 1. The lowest BCUT2D eigenvalue weighted by molar-refractivity contribution is -0.134. The van der Waals surface area contributed by atoms with Crippen LogP contribution in [0.4, 0.5) is 4.39 Å². The highest BCUT2D eigenvalue weighted by atomic mass is 19.1. The van der Waals surface area contributed by atoms with Crippen molar-refractivity contribution in [1.29, 1.82) is 0 Å². The van der Waals surface area contributed by atoms with E-state index in [4.69, 9.17) is 4.74 Å². The van der Waals surface area contributed by atoms with Crippen LogP contribution < -0.4 is 10.4 Å². The van der Waals surface area contributed by atoms with Crippen molar-refractivity contribution in [2.45, 2.75) is 64.6 Å². The highest BCUT2D eigenvalue weighted by Gasteiger charge is 2.28. The lowest BCUT2D eigenvalue weighted by Crippen LogP contribution is -2.47. The van der Waals surface area contributed by atoms with Gasteiger partial charge in [0, 0.05) is 32.7 Å². The zero-order valence-corrected chi connectivity index (χ0v) is 24.8. The molecule has 2 heterocycles. The number of benzene rings is 3. The minimum Gasteiger partial charge on any atom is -0.491 e. The van der Waals surface area contributed by atoms with Crippen LogP contribution in [0.5, 0.6) is 5.75 Å². The summed E-state index contributed by atoms with van der Waals surface area (Å²) in [6.07, 6.45) is 4.11. The summed E-state index contributed by atoms with van der Waals surface area (Å²) in [4.78, 5) is 33.1. The van der Waals surface area contributed by atoms with E-state index < -0.39 is 0 Å². The first-order valence-electron chi connectivity index (χ1n) is 15.0. The molecule has 1 saturated heterocycles. The Hall–Kier alpha value is -3.91.